The number of hydrogen-bond acceptors (Lipinski definition) is 2. The average Bonchev–Trinajstić information content (AvgIpc) is 2.23. The molecule has 0 heterocycles. The summed E-state index contributed by atoms with van der Waals surface area (Å²) in [5.74, 6) is 0. The molecule has 0 amide bonds. The second-order valence-corrected chi connectivity index (χ2v) is 5.69. The van der Waals surface area contributed by atoms with Crippen LogP contribution in [-0.4, -0.2) is 22.4 Å². The Morgan fingerprint density at radius 1 is 1.18 bits per heavy atom. The molecule has 0 saturated heterocycles. The van der Waals surface area contributed by atoms with Crippen LogP contribution in [0.2, 0.25) is 0 Å². The van der Waals surface area contributed by atoms with E-state index in [0.29, 0.717) is 25.7 Å². The van der Waals surface area contributed by atoms with Gasteiger partial charge in [-0.2, -0.15) is 0 Å². The van der Waals surface area contributed by atoms with Crippen molar-refractivity contribution >= 4 is 0 Å². The van der Waals surface area contributed by atoms with Gasteiger partial charge in [-0.25, -0.2) is 0 Å². The van der Waals surface area contributed by atoms with Gasteiger partial charge in [-0.15, -0.1) is 0 Å². The molecule has 96 valence electrons. The number of hydrogen-bond donors (Lipinski definition) is 2. The molecule has 2 unspecified atom stereocenters. The molecular weight excluding hydrogens is 212 g/mol. The van der Waals surface area contributed by atoms with Crippen LogP contribution in [0.25, 0.3) is 0 Å². The SMILES string of the molecule is C=C1C/C=C/C(C)(C)CC(O)C(=C)CCC1O. The van der Waals surface area contributed by atoms with Crippen molar-refractivity contribution in [3.63, 3.8) is 0 Å². The topological polar surface area (TPSA) is 40.5 Å². The molecule has 1 rings (SSSR count). The van der Waals surface area contributed by atoms with Crippen molar-refractivity contribution in [2.24, 2.45) is 5.41 Å². The molecule has 0 spiro atoms. The first-order valence-corrected chi connectivity index (χ1v) is 6.21. The van der Waals surface area contributed by atoms with Gasteiger partial charge in [0.15, 0.2) is 0 Å². The molecule has 2 N–H and O–H groups in total. The van der Waals surface area contributed by atoms with E-state index in [0.717, 1.165) is 11.1 Å². The Morgan fingerprint density at radius 2 is 1.82 bits per heavy atom. The van der Waals surface area contributed by atoms with Gasteiger partial charge in [-0.3, -0.25) is 0 Å². The summed E-state index contributed by atoms with van der Waals surface area (Å²) in [5.41, 5.74) is 1.58. The fourth-order valence-electron chi connectivity index (χ4n) is 2.07. The lowest BCUT2D eigenvalue weighted by atomic mass is 9.84. The summed E-state index contributed by atoms with van der Waals surface area (Å²) >= 11 is 0. The Bertz CT molecular complexity index is 326. The van der Waals surface area contributed by atoms with Crippen molar-refractivity contribution in [3.05, 3.63) is 36.5 Å². The van der Waals surface area contributed by atoms with E-state index in [-0.39, 0.29) is 5.41 Å². The molecule has 0 bridgehead atoms. The first-order chi connectivity index (χ1) is 7.82. The normalized spacial score (nSPS) is 32.9. The Balaban J connectivity index is 2.84. The summed E-state index contributed by atoms with van der Waals surface area (Å²) in [7, 11) is 0. The fraction of sp³-hybridized carbons (Fsp3) is 0.600. The molecule has 2 atom stereocenters. The van der Waals surface area contributed by atoms with Gasteiger partial charge in [0.1, 0.15) is 0 Å². The maximum Gasteiger partial charge on any atom is 0.0755 e. The van der Waals surface area contributed by atoms with E-state index in [1.165, 1.54) is 0 Å². The van der Waals surface area contributed by atoms with Gasteiger partial charge >= 0.3 is 0 Å². The number of aliphatic hydroxyl groups excluding tert-OH is 2. The maximum absolute atomic E-state index is 10.0. The third-order valence-electron chi connectivity index (χ3n) is 3.35. The van der Waals surface area contributed by atoms with Gasteiger partial charge in [-0.05, 0) is 42.2 Å². The van der Waals surface area contributed by atoms with E-state index < -0.39 is 12.2 Å². The lowest BCUT2D eigenvalue weighted by Crippen LogP contribution is -2.20. The van der Waals surface area contributed by atoms with Crippen molar-refractivity contribution in [1.82, 2.24) is 0 Å². The monoisotopic (exact) mass is 236 g/mol. The highest BCUT2D eigenvalue weighted by Crippen LogP contribution is 2.29. The highest BCUT2D eigenvalue weighted by atomic mass is 16.3. The summed E-state index contributed by atoms with van der Waals surface area (Å²) in [6.07, 6.45) is 5.76. The Kier molecular flexibility index (Phi) is 4.72. The summed E-state index contributed by atoms with van der Waals surface area (Å²) in [5, 5.41) is 19.9. The van der Waals surface area contributed by atoms with E-state index in [4.69, 9.17) is 0 Å². The lowest BCUT2D eigenvalue weighted by molar-refractivity contribution is 0.154. The Morgan fingerprint density at radius 3 is 2.47 bits per heavy atom. The first kappa shape index (κ1) is 14.2. The predicted molar refractivity (Wildman–Crippen MR) is 71.7 cm³/mol. The van der Waals surface area contributed by atoms with E-state index in [1.807, 2.05) is 6.08 Å². The highest BCUT2D eigenvalue weighted by molar-refractivity contribution is 5.14. The molecule has 0 aromatic carbocycles. The van der Waals surface area contributed by atoms with Crippen molar-refractivity contribution in [3.8, 4) is 0 Å². The van der Waals surface area contributed by atoms with Gasteiger partial charge < -0.3 is 10.2 Å². The minimum atomic E-state index is -0.496. The molecule has 0 saturated carbocycles. The Labute approximate surface area is 104 Å². The van der Waals surface area contributed by atoms with Crippen LogP contribution in [0.15, 0.2) is 36.5 Å². The highest BCUT2D eigenvalue weighted by Gasteiger charge is 2.22. The van der Waals surface area contributed by atoms with E-state index in [2.05, 4.69) is 33.1 Å². The second-order valence-electron chi connectivity index (χ2n) is 5.69. The minimum absolute atomic E-state index is 0.0576. The molecule has 1 aliphatic rings. The smallest absolute Gasteiger partial charge is 0.0755 e. The second kappa shape index (κ2) is 5.65. The van der Waals surface area contributed by atoms with Gasteiger partial charge in [0.05, 0.1) is 12.2 Å². The molecule has 0 aromatic rings. The molecule has 2 heteroatoms. The van der Waals surface area contributed by atoms with Crippen LogP contribution in [0.3, 0.4) is 0 Å². The minimum Gasteiger partial charge on any atom is -0.389 e. The summed E-state index contributed by atoms with van der Waals surface area (Å²) in [6, 6.07) is 0. The van der Waals surface area contributed by atoms with Crippen LogP contribution in [0, 0.1) is 5.41 Å². The third kappa shape index (κ3) is 4.49. The zero-order valence-electron chi connectivity index (χ0n) is 10.9. The number of aliphatic hydroxyl groups is 2. The third-order valence-corrected chi connectivity index (χ3v) is 3.35. The molecule has 1 aliphatic carbocycles. The summed E-state index contributed by atoms with van der Waals surface area (Å²) < 4.78 is 0. The van der Waals surface area contributed by atoms with Gasteiger partial charge in [0.25, 0.3) is 0 Å². The first-order valence-electron chi connectivity index (χ1n) is 6.21. The maximum atomic E-state index is 10.0. The molecule has 0 aromatic heterocycles. The van der Waals surface area contributed by atoms with Crippen molar-refractivity contribution in [2.45, 2.75) is 51.7 Å². The number of allylic oxidation sites excluding steroid dienone is 2. The molecular formula is C15H24O2. The van der Waals surface area contributed by atoms with Gasteiger partial charge in [-0.1, -0.05) is 39.2 Å². The van der Waals surface area contributed by atoms with Gasteiger partial charge in [0, 0.05) is 0 Å². The van der Waals surface area contributed by atoms with E-state index in [9.17, 15) is 10.2 Å². The molecule has 0 radical (unpaired) electrons. The summed E-state index contributed by atoms with van der Waals surface area (Å²) in [4.78, 5) is 0. The van der Waals surface area contributed by atoms with Crippen LogP contribution in [0.5, 0.6) is 0 Å². The van der Waals surface area contributed by atoms with E-state index in [1.54, 1.807) is 0 Å². The van der Waals surface area contributed by atoms with Crippen LogP contribution in [-0.2, 0) is 0 Å². The van der Waals surface area contributed by atoms with Crippen molar-refractivity contribution in [2.75, 3.05) is 0 Å². The average molecular weight is 236 g/mol. The van der Waals surface area contributed by atoms with Gasteiger partial charge in [0.2, 0.25) is 0 Å². The molecule has 0 fully saturated rings. The molecule has 2 nitrogen and oxygen atoms in total. The quantitative estimate of drug-likeness (QED) is 0.635. The number of rotatable bonds is 0. The van der Waals surface area contributed by atoms with Crippen LogP contribution in [0.4, 0.5) is 0 Å². The molecule has 0 aliphatic heterocycles. The molecule has 17 heavy (non-hydrogen) atoms. The van der Waals surface area contributed by atoms with Crippen molar-refractivity contribution in [1.29, 1.82) is 0 Å². The van der Waals surface area contributed by atoms with Crippen LogP contribution < -0.4 is 0 Å². The largest absolute Gasteiger partial charge is 0.389 e. The Hall–Kier alpha value is -0.860. The van der Waals surface area contributed by atoms with Crippen molar-refractivity contribution < 1.29 is 10.2 Å². The lowest BCUT2D eigenvalue weighted by Gasteiger charge is -2.25. The standard InChI is InChI=1S/C15H24O2/c1-11-6-5-9-15(3,4)10-14(17)12(2)7-8-13(11)16/h5,9,13-14,16-17H,1-2,6-8,10H2,3-4H3/b9-5+. The predicted octanol–water partition coefficient (Wildman–Crippen LogP) is 2.98. The summed E-state index contributed by atoms with van der Waals surface area (Å²) in [6.45, 7) is 12.0. The van der Waals surface area contributed by atoms with Crippen LogP contribution in [0.1, 0.15) is 39.5 Å². The zero-order chi connectivity index (χ0) is 13.1. The fourth-order valence-corrected chi connectivity index (χ4v) is 2.07. The van der Waals surface area contributed by atoms with E-state index >= 15 is 0 Å². The zero-order valence-corrected chi connectivity index (χ0v) is 10.9. The van der Waals surface area contributed by atoms with Crippen LogP contribution >= 0.6 is 0 Å².